The Morgan fingerprint density at radius 2 is 1.72 bits per heavy atom. The maximum absolute atomic E-state index is 12.8. The zero-order chi connectivity index (χ0) is 13.3. The molecule has 6 heteroatoms. The van der Waals surface area contributed by atoms with Crippen molar-refractivity contribution in [1.82, 2.24) is 9.66 Å². The first-order valence-electron chi connectivity index (χ1n) is 5.34. The summed E-state index contributed by atoms with van der Waals surface area (Å²) >= 11 is 0. The van der Waals surface area contributed by atoms with E-state index >= 15 is 0 Å². The second-order valence-electron chi connectivity index (χ2n) is 3.96. The molecule has 18 heavy (non-hydrogen) atoms. The summed E-state index contributed by atoms with van der Waals surface area (Å²) in [6.07, 6.45) is -3.10. The molecule has 0 unspecified atom stereocenters. The molecular weight excluding hydrogens is 243 g/mol. The van der Waals surface area contributed by atoms with E-state index in [1.54, 1.807) is 18.5 Å². The fourth-order valence-electron chi connectivity index (χ4n) is 1.67. The van der Waals surface area contributed by atoms with E-state index < -0.39 is 11.7 Å². The molecule has 2 aromatic heterocycles. The van der Waals surface area contributed by atoms with Gasteiger partial charge in [-0.05, 0) is 38.1 Å². The second kappa shape index (κ2) is 4.36. The fraction of sp³-hybridized carbons (Fsp3) is 0.250. The molecule has 0 saturated carbocycles. The largest absolute Gasteiger partial charge is 0.420 e. The molecule has 0 radical (unpaired) electrons. The van der Waals surface area contributed by atoms with Crippen LogP contribution in [0.15, 0.2) is 30.5 Å². The van der Waals surface area contributed by atoms with Gasteiger partial charge in [-0.25, -0.2) is 4.98 Å². The van der Waals surface area contributed by atoms with Crippen LogP contribution >= 0.6 is 0 Å². The van der Waals surface area contributed by atoms with Crippen LogP contribution in [0.2, 0.25) is 0 Å². The number of halogens is 3. The Labute approximate surface area is 102 Å². The lowest BCUT2D eigenvalue weighted by Crippen LogP contribution is -2.18. The van der Waals surface area contributed by atoms with E-state index in [-0.39, 0.29) is 5.82 Å². The number of aromatic nitrogens is 2. The Hall–Kier alpha value is -1.98. The number of nitrogens with one attached hydrogen (secondary N) is 1. The third-order valence-electron chi connectivity index (χ3n) is 2.60. The zero-order valence-corrected chi connectivity index (χ0v) is 9.92. The number of anilines is 1. The molecule has 1 N–H and O–H groups in total. The van der Waals surface area contributed by atoms with Gasteiger partial charge in [0.15, 0.2) is 5.82 Å². The first-order chi connectivity index (χ1) is 8.39. The Morgan fingerprint density at radius 3 is 2.28 bits per heavy atom. The molecule has 2 heterocycles. The number of aryl methyl sites for hydroxylation is 2. The molecule has 96 valence electrons. The van der Waals surface area contributed by atoms with Gasteiger partial charge in [0, 0.05) is 17.6 Å². The molecule has 0 aliphatic heterocycles. The van der Waals surface area contributed by atoms with Crippen LogP contribution in [0.3, 0.4) is 0 Å². The molecule has 2 aromatic rings. The third-order valence-corrected chi connectivity index (χ3v) is 2.60. The highest BCUT2D eigenvalue weighted by Gasteiger charge is 2.34. The topological polar surface area (TPSA) is 29.9 Å². The van der Waals surface area contributed by atoms with Crippen LogP contribution in [0.1, 0.15) is 17.0 Å². The summed E-state index contributed by atoms with van der Waals surface area (Å²) in [4.78, 5) is 3.75. The summed E-state index contributed by atoms with van der Waals surface area (Å²) in [5.74, 6) is -0.201. The van der Waals surface area contributed by atoms with Crippen molar-refractivity contribution in [2.24, 2.45) is 0 Å². The van der Waals surface area contributed by atoms with Gasteiger partial charge >= 0.3 is 6.18 Å². The van der Waals surface area contributed by atoms with Gasteiger partial charge in [-0.2, -0.15) is 13.2 Å². The standard InChI is InChI=1S/C12H12F3N3/c1-8-5-6-9(2)18(8)17-11-10(12(13,14)15)4-3-7-16-11/h3-7H,1-2H3,(H,16,17). The van der Waals surface area contributed by atoms with Gasteiger partial charge < -0.3 is 0 Å². The van der Waals surface area contributed by atoms with Gasteiger partial charge in [0.1, 0.15) is 0 Å². The van der Waals surface area contributed by atoms with E-state index in [0.717, 1.165) is 17.5 Å². The molecule has 0 aromatic carbocycles. The number of pyridine rings is 1. The number of rotatable bonds is 2. The summed E-state index contributed by atoms with van der Waals surface area (Å²) in [6.45, 7) is 3.60. The number of nitrogens with zero attached hydrogens (tertiary/aromatic N) is 2. The highest BCUT2D eigenvalue weighted by atomic mass is 19.4. The first-order valence-corrected chi connectivity index (χ1v) is 5.34. The van der Waals surface area contributed by atoms with E-state index in [0.29, 0.717) is 0 Å². The van der Waals surface area contributed by atoms with Crippen molar-refractivity contribution in [3.8, 4) is 0 Å². The minimum Gasteiger partial charge on any atom is -0.277 e. The normalized spacial score (nSPS) is 11.6. The van der Waals surface area contributed by atoms with E-state index in [2.05, 4.69) is 10.4 Å². The maximum atomic E-state index is 12.8. The van der Waals surface area contributed by atoms with Crippen LogP contribution in [0, 0.1) is 13.8 Å². The quantitative estimate of drug-likeness (QED) is 0.891. The van der Waals surface area contributed by atoms with Gasteiger partial charge in [0.25, 0.3) is 0 Å². The van der Waals surface area contributed by atoms with Crippen molar-refractivity contribution in [1.29, 1.82) is 0 Å². The van der Waals surface area contributed by atoms with Crippen molar-refractivity contribution in [3.63, 3.8) is 0 Å². The summed E-state index contributed by atoms with van der Waals surface area (Å²) in [5, 5.41) is 0. The van der Waals surface area contributed by atoms with Crippen LogP contribution in [0.5, 0.6) is 0 Å². The summed E-state index contributed by atoms with van der Waals surface area (Å²) in [7, 11) is 0. The van der Waals surface area contributed by atoms with Gasteiger partial charge in [0.05, 0.1) is 5.56 Å². The minimum absolute atomic E-state index is 0.201. The van der Waals surface area contributed by atoms with Gasteiger partial charge in [-0.1, -0.05) is 0 Å². The molecule has 0 bridgehead atoms. The van der Waals surface area contributed by atoms with Gasteiger partial charge in [0.2, 0.25) is 0 Å². The van der Waals surface area contributed by atoms with Crippen LogP contribution in [-0.4, -0.2) is 9.66 Å². The van der Waals surface area contributed by atoms with Gasteiger partial charge in [-0.3, -0.25) is 10.1 Å². The molecule has 0 aliphatic rings. The third kappa shape index (κ3) is 2.32. The molecular formula is C12H12F3N3. The Balaban J connectivity index is 2.42. The zero-order valence-electron chi connectivity index (χ0n) is 9.92. The predicted molar refractivity (Wildman–Crippen MR) is 62.2 cm³/mol. The average Bonchev–Trinajstić information content (AvgIpc) is 2.60. The molecule has 2 rings (SSSR count). The molecule has 3 nitrogen and oxygen atoms in total. The molecule has 0 atom stereocenters. The lowest BCUT2D eigenvalue weighted by atomic mass is 10.2. The minimum atomic E-state index is -4.43. The number of alkyl halides is 3. The van der Waals surface area contributed by atoms with E-state index in [9.17, 15) is 13.2 Å². The smallest absolute Gasteiger partial charge is 0.277 e. The van der Waals surface area contributed by atoms with Crippen molar-refractivity contribution >= 4 is 5.82 Å². The van der Waals surface area contributed by atoms with Crippen molar-refractivity contribution in [3.05, 3.63) is 47.4 Å². The molecule has 0 amide bonds. The average molecular weight is 255 g/mol. The number of hydrogen-bond donors (Lipinski definition) is 1. The van der Waals surface area contributed by atoms with Crippen molar-refractivity contribution in [2.75, 3.05) is 5.43 Å². The van der Waals surface area contributed by atoms with E-state index in [4.69, 9.17) is 0 Å². The van der Waals surface area contributed by atoms with Gasteiger partial charge in [-0.15, -0.1) is 0 Å². The lowest BCUT2D eigenvalue weighted by Gasteiger charge is -2.16. The summed E-state index contributed by atoms with van der Waals surface area (Å²) in [5.41, 5.74) is 3.52. The summed E-state index contributed by atoms with van der Waals surface area (Å²) < 4.78 is 39.9. The molecule has 0 fully saturated rings. The monoisotopic (exact) mass is 255 g/mol. The van der Waals surface area contributed by atoms with Crippen molar-refractivity contribution < 1.29 is 13.2 Å². The number of hydrogen-bond acceptors (Lipinski definition) is 2. The molecule has 0 saturated heterocycles. The second-order valence-corrected chi connectivity index (χ2v) is 3.96. The first kappa shape index (κ1) is 12.5. The highest BCUT2D eigenvalue weighted by molar-refractivity contribution is 5.46. The fourth-order valence-corrected chi connectivity index (χ4v) is 1.67. The van der Waals surface area contributed by atoms with Crippen molar-refractivity contribution in [2.45, 2.75) is 20.0 Å². The van der Waals surface area contributed by atoms with E-state index in [1.807, 2.05) is 12.1 Å². The van der Waals surface area contributed by atoms with Crippen LogP contribution < -0.4 is 5.43 Å². The highest BCUT2D eigenvalue weighted by Crippen LogP contribution is 2.33. The SMILES string of the molecule is Cc1ccc(C)n1Nc1ncccc1C(F)(F)F. The Morgan fingerprint density at radius 1 is 1.11 bits per heavy atom. The lowest BCUT2D eigenvalue weighted by molar-refractivity contribution is -0.137. The van der Waals surface area contributed by atoms with E-state index in [1.165, 1.54) is 12.3 Å². The Bertz CT molecular complexity index is 538. The van der Waals surface area contributed by atoms with Crippen LogP contribution in [-0.2, 0) is 6.18 Å². The maximum Gasteiger partial charge on any atom is 0.420 e. The Kier molecular flexibility index (Phi) is 3.02. The molecule has 0 spiro atoms. The van der Waals surface area contributed by atoms with Crippen LogP contribution in [0.4, 0.5) is 19.0 Å². The molecule has 0 aliphatic carbocycles. The van der Waals surface area contributed by atoms with Crippen LogP contribution in [0.25, 0.3) is 0 Å². The predicted octanol–water partition coefficient (Wildman–Crippen LogP) is 3.39. The summed E-state index contributed by atoms with van der Waals surface area (Å²) in [6, 6.07) is 5.91.